The number of aryl methyl sites for hydroxylation is 1. The van der Waals surface area contributed by atoms with Gasteiger partial charge in [-0.1, -0.05) is 15.9 Å². The number of hydrogen-bond acceptors (Lipinski definition) is 3. The third kappa shape index (κ3) is 4.62. The number of halogens is 1. The molecule has 2 aromatic carbocycles. The van der Waals surface area contributed by atoms with Crippen LogP contribution in [-0.2, 0) is 4.79 Å². The molecule has 106 valence electrons. The summed E-state index contributed by atoms with van der Waals surface area (Å²) in [7, 11) is 0. The average Bonchev–Trinajstić information content (AvgIpc) is 2.44. The van der Waals surface area contributed by atoms with Gasteiger partial charge in [0, 0.05) is 10.2 Å². The van der Waals surface area contributed by atoms with Crippen molar-refractivity contribution in [3.05, 3.63) is 58.1 Å². The molecule has 0 aliphatic carbocycles. The predicted octanol–water partition coefficient (Wildman–Crippen LogP) is 3.65. The normalized spacial score (nSPS) is 9.76. The van der Waals surface area contributed by atoms with Gasteiger partial charge in [0.05, 0.1) is 11.6 Å². The maximum Gasteiger partial charge on any atom is 0.262 e. The Balaban J connectivity index is 1.91. The maximum atomic E-state index is 11.8. The van der Waals surface area contributed by atoms with Crippen molar-refractivity contribution in [2.24, 2.45) is 0 Å². The van der Waals surface area contributed by atoms with Crippen molar-refractivity contribution in [1.29, 1.82) is 5.26 Å². The molecule has 1 amide bonds. The number of ether oxygens (including phenoxy) is 1. The highest BCUT2D eigenvalue weighted by molar-refractivity contribution is 9.10. The third-order valence-corrected chi connectivity index (χ3v) is 3.14. The van der Waals surface area contributed by atoms with E-state index in [2.05, 4.69) is 21.2 Å². The minimum atomic E-state index is -0.239. The Morgan fingerprint density at radius 2 is 2.00 bits per heavy atom. The van der Waals surface area contributed by atoms with Crippen molar-refractivity contribution in [3.63, 3.8) is 0 Å². The molecule has 0 aliphatic heterocycles. The van der Waals surface area contributed by atoms with Crippen molar-refractivity contribution in [1.82, 2.24) is 0 Å². The van der Waals surface area contributed by atoms with Gasteiger partial charge in [0.2, 0.25) is 0 Å². The van der Waals surface area contributed by atoms with Crippen molar-refractivity contribution in [2.45, 2.75) is 6.92 Å². The summed E-state index contributed by atoms with van der Waals surface area (Å²) in [5.74, 6) is 0.312. The third-order valence-electron chi connectivity index (χ3n) is 2.68. The van der Waals surface area contributed by atoms with E-state index in [-0.39, 0.29) is 12.5 Å². The smallest absolute Gasteiger partial charge is 0.262 e. The van der Waals surface area contributed by atoms with E-state index in [1.807, 2.05) is 31.2 Å². The van der Waals surface area contributed by atoms with Gasteiger partial charge in [0.15, 0.2) is 6.61 Å². The highest BCUT2D eigenvalue weighted by Crippen LogP contribution is 2.19. The lowest BCUT2D eigenvalue weighted by atomic mass is 10.2. The minimum Gasteiger partial charge on any atom is -0.484 e. The Kier molecular flexibility index (Phi) is 4.96. The van der Waals surface area contributed by atoms with Crippen LogP contribution in [0.4, 0.5) is 5.69 Å². The number of nitrogens with one attached hydrogen (secondary N) is 1. The fourth-order valence-electron chi connectivity index (χ4n) is 1.78. The van der Waals surface area contributed by atoms with E-state index in [1.54, 1.807) is 24.3 Å². The van der Waals surface area contributed by atoms with Crippen molar-refractivity contribution in [3.8, 4) is 11.8 Å². The molecule has 0 spiro atoms. The molecule has 2 aromatic rings. The average molecular weight is 345 g/mol. The van der Waals surface area contributed by atoms with Crippen LogP contribution in [0.1, 0.15) is 11.1 Å². The predicted molar refractivity (Wildman–Crippen MR) is 84.2 cm³/mol. The summed E-state index contributed by atoms with van der Waals surface area (Å²) in [6, 6.07) is 14.3. The first-order valence-electron chi connectivity index (χ1n) is 6.27. The molecule has 0 bridgehead atoms. The Labute approximate surface area is 131 Å². The van der Waals surface area contributed by atoms with Crippen LogP contribution in [-0.4, -0.2) is 12.5 Å². The van der Waals surface area contributed by atoms with Crippen molar-refractivity contribution < 1.29 is 9.53 Å². The molecule has 0 atom stereocenters. The van der Waals surface area contributed by atoms with Crippen LogP contribution in [0.25, 0.3) is 0 Å². The summed E-state index contributed by atoms with van der Waals surface area (Å²) in [4.78, 5) is 11.8. The molecule has 0 unspecified atom stereocenters. The fraction of sp³-hybridized carbons (Fsp3) is 0.125. The summed E-state index contributed by atoms with van der Waals surface area (Å²) < 4.78 is 6.27. The summed E-state index contributed by atoms with van der Waals surface area (Å²) in [6.45, 7) is 1.87. The van der Waals surface area contributed by atoms with E-state index in [1.165, 1.54) is 0 Å². The number of amides is 1. The second-order valence-corrected chi connectivity index (χ2v) is 5.41. The Hall–Kier alpha value is -2.32. The molecule has 4 nitrogen and oxygen atoms in total. The van der Waals surface area contributed by atoms with Gasteiger partial charge in [-0.15, -0.1) is 0 Å². The molecule has 0 aliphatic rings. The van der Waals surface area contributed by atoms with E-state index in [0.29, 0.717) is 11.3 Å². The Morgan fingerprint density at radius 3 is 2.62 bits per heavy atom. The summed E-state index contributed by atoms with van der Waals surface area (Å²) in [6.07, 6.45) is 0. The van der Waals surface area contributed by atoms with E-state index in [9.17, 15) is 4.79 Å². The summed E-state index contributed by atoms with van der Waals surface area (Å²) in [5.41, 5.74) is 2.32. The number of benzene rings is 2. The largest absolute Gasteiger partial charge is 0.484 e. The Morgan fingerprint density at radius 1 is 1.29 bits per heavy atom. The van der Waals surface area contributed by atoms with Crippen LogP contribution in [0.15, 0.2) is 46.9 Å². The quantitative estimate of drug-likeness (QED) is 0.920. The van der Waals surface area contributed by atoms with Crippen LogP contribution in [0, 0.1) is 18.3 Å². The second kappa shape index (κ2) is 6.91. The molecule has 0 fully saturated rings. The molecule has 0 heterocycles. The summed E-state index contributed by atoms with van der Waals surface area (Å²) in [5, 5.41) is 11.5. The van der Waals surface area contributed by atoms with Crippen LogP contribution < -0.4 is 10.1 Å². The standard InChI is InChI=1S/C16H13BrN2O2/c1-11-6-13(17)8-14(7-11)19-16(20)10-21-15-4-2-12(9-18)3-5-15/h2-8H,10H2,1H3,(H,19,20). The number of rotatable bonds is 4. The van der Waals surface area contributed by atoms with Crippen LogP contribution >= 0.6 is 15.9 Å². The zero-order valence-electron chi connectivity index (χ0n) is 11.4. The van der Waals surface area contributed by atoms with Crippen LogP contribution in [0.3, 0.4) is 0 Å². The van der Waals surface area contributed by atoms with Crippen LogP contribution in [0.2, 0.25) is 0 Å². The molecule has 0 aromatic heterocycles. The number of nitrogens with zero attached hydrogens (tertiary/aromatic N) is 1. The molecular formula is C16H13BrN2O2. The molecule has 0 radical (unpaired) electrons. The van der Waals surface area contributed by atoms with E-state index in [0.717, 1.165) is 15.7 Å². The van der Waals surface area contributed by atoms with Gasteiger partial charge in [-0.2, -0.15) is 5.26 Å². The first kappa shape index (κ1) is 15.1. The lowest BCUT2D eigenvalue weighted by molar-refractivity contribution is -0.118. The van der Waals surface area contributed by atoms with Gasteiger partial charge in [-0.3, -0.25) is 4.79 Å². The van der Waals surface area contributed by atoms with Gasteiger partial charge in [0.1, 0.15) is 5.75 Å². The van der Waals surface area contributed by atoms with E-state index in [4.69, 9.17) is 10.00 Å². The van der Waals surface area contributed by atoms with Crippen molar-refractivity contribution in [2.75, 3.05) is 11.9 Å². The number of nitriles is 1. The topological polar surface area (TPSA) is 62.1 Å². The number of anilines is 1. The molecule has 21 heavy (non-hydrogen) atoms. The van der Waals surface area contributed by atoms with Gasteiger partial charge >= 0.3 is 0 Å². The van der Waals surface area contributed by atoms with Gasteiger partial charge < -0.3 is 10.1 Å². The highest BCUT2D eigenvalue weighted by atomic mass is 79.9. The SMILES string of the molecule is Cc1cc(Br)cc(NC(=O)COc2ccc(C#N)cc2)c1. The molecule has 5 heteroatoms. The van der Waals surface area contributed by atoms with Gasteiger partial charge in [0.25, 0.3) is 5.91 Å². The van der Waals surface area contributed by atoms with Gasteiger partial charge in [-0.25, -0.2) is 0 Å². The lowest BCUT2D eigenvalue weighted by Gasteiger charge is -2.08. The zero-order valence-corrected chi connectivity index (χ0v) is 13.0. The van der Waals surface area contributed by atoms with Crippen molar-refractivity contribution >= 4 is 27.5 Å². The first-order valence-corrected chi connectivity index (χ1v) is 7.06. The molecule has 0 saturated heterocycles. The molecular weight excluding hydrogens is 332 g/mol. The maximum absolute atomic E-state index is 11.8. The Bertz CT molecular complexity index is 670. The molecule has 0 saturated carbocycles. The van der Waals surface area contributed by atoms with E-state index < -0.39 is 0 Å². The minimum absolute atomic E-state index is 0.0859. The number of hydrogen-bond donors (Lipinski definition) is 1. The zero-order chi connectivity index (χ0) is 15.2. The van der Waals surface area contributed by atoms with Gasteiger partial charge in [-0.05, 0) is 55.0 Å². The number of carbonyl (C=O) groups is 1. The lowest BCUT2D eigenvalue weighted by Crippen LogP contribution is -2.20. The molecule has 1 N–H and O–H groups in total. The first-order chi connectivity index (χ1) is 10.1. The molecule has 2 rings (SSSR count). The van der Waals surface area contributed by atoms with Crippen LogP contribution in [0.5, 0.6) is 5.75 Å². The second-order valence-electron chi connectivity index (χ2n) is 4.49. The highest BCUT2D eigenvalue weighted by Gasteiger charge is 2.05. The monoisotopic (exact) mass is 344 g/mol. The van der Waals surface area contributed by atoms with E-state index >= 15 is 0 Å². The number of carbonyl (C=O) groups excluding carboxylic acids is 1. The summed E-state index contributed by atoms with van der Waals surface area (Å²) >= 11 is 3.38. The fourth-order valence-corrected chi connectivity index (χ4v) is 2.39.